The number of piperazine rings is 1. The first-order valence-corrected chi connectivity index (χ1v) is 7.17. The molecule has 0 spiro atoms. The van der Waals surface area contributed by atoms with E-state index in [4.69, 9.17) is 5.73 Å². The van der Waals surface area contributed by atoms with E-state index in [1.54, 1.807) is 0 Å². The monoisotopic (exact) mass is 263 g/mol. The molecule has 0 bridgehead atoms. The molecule has 4 heteroatoms. The average Bonchev–Trinajstić information content (AvgIpc) is 2.48. The van der Waals surface area contributed by atoms with Gasteiger partial charge in [-0.3, -0.25) is 4.90 Å². The molecule has 0 aromatic heterocycles. The molecule has 1 saturated heterocycles. The maximum Gasteiger partial charge on any atom is 0.0789 e. The van der Waals surface area contributed by atoms with Crippen LogP contribution in [0.15, 0.2) is 24.3 Å². The van der Waals surface area contributed by atoms with Crippen molar-refractivity contribution in [2.75, 3.05) is 44.2 Å². The zero-order valence-electron chi connectivity index (χ0n) is 11.8. The largest absolute Gasteiger partial charge is 0.390 e. The number of β-amino-alcohol motifs (C(OH)–C–C–N with tert-alkyl or cyclic N) is 1. The fraction of sp³-hybridized carbons (Fsp3) is 0.600. The fourth-order valence-electron chi connectivity index (χ4n) is 2.50. The summed E-state index contributed by atoms with van der Waals surface area (Å²) in [5.74, 6) is 0. The predicted octanol–water partition coefficient (Wildman–Crippen LogP) is 0.691. The minimum Gasteiger partial charge on any atom is -0.390 e. The molecule has 106 valence electrons. The molecule has 2 rings (SSSR count). The van der Waals surface area contributed by atoms with Crippen LogP contribution in [0, 0.1) is 0 Å². The lowest BCUT2D eigenvalue weighted by molar-refractivity contribution is 0.115. The standard InChI is InChI=1S/C15H25N3O/c1-2-13-3-5-14(6-4-13)18-9-7-17(8-10-18)12-15(19)11-16/h3-6,15,19H,2,7-12,16H2,1H3. The molecule has 0 saturated carbocycles. The highest BCUT2D eigenvalue weighted by Crippen LogP contribution is 2.17. The zero-order valence-corrected chi connectivity index (χ0v) is 11.8. The van der Waals surface area contributed by atoms with Gasteiger partial charge in [-0.1, -0.05) is 19.1 Å². The van der Waals surface area contributed by atoms with E-state index in [1.807, 2.05) is 0 Å². The summed E-state index contributed by atoms with van der Waals surface area (Å²) in [5, 5.41) is 9.57. The SMILES string of the molecule is CCc1ccc(N2CCN(CC(O)CN)CC2)cc1. The minimum absolute atomic E-state index is 0.346. The summed E-state index contributed by atoms with van der Waals surface area (Å²) in [5.41, 5.74) is 8.13. The lowest BCUT2D eigenvalue weighted by Crippen LogP contribution is -2.49. The fourth-order valence-corrected chi connectivity index (χ4v) is 2.50. The molecule has 1 unspecified atom stereocenters. The van der Waals surface area contributed by atoms with Gasteiger partial charge in [0.2, 0.25) is 0 Å². The summed E-state index contributed by atoms with van der Waals surface area (Å²) in [6, 6.07) is 8.84. The van der Waals surface area contributed by atoms with Crippen molar-refractivity contribution in [1.29, 1.82) is 0 Å². The van der Waals surface area contributed by atoms with E-state index in [0.717, 1.165) is 32.6 Å². The minimum atomic E-state index is -0.393. The van der Waals surface area contributed by atoms with Gasteiger partial charge in [-0.25, -0.2) is 0 Å². The van der Waals surface area contributed by atoms with Crippen molar-refractivity contribution < 1.29 is 5.11 Å². The van der Waals surface area contributed by atoms with Crippen LogP contribution in [-0.2, 0) is 6.42 Å². The second-order valence-corrected chi connectivity index (χ2v) is 5.20. The normalized spacial score (nSPS) is 18.6. The second-order valence-electron chi connectivity index (χ2n) is 5.20. The highest BCUT2D eigenvalue weighted by Gasteiger charge is 2.18. The number of aliphatic hydroxyl groups excluding tert-OH is 1. The summed E-state index contributed by atoms with van der Waals surface area (Å²) in [6.07, 6.45) is 0.695. The molecule has 1 atom stereocenters. The van der Waals surface area contributed by atoms with Gasteiger partial charge in [-0.2, -0.15) is 0 Å². The van der Waals surface area contributed by atoms with Crippen molar-refractivity contribution in [2.24, 2.45) is 5.73 Å². The molecule has 1 aliphatic heterocycles. The van der Waals surface area contributed by atoms with E-state index < -0.39 is 6.10 Å². The Morgan fingerprint density at radius 2 is 1.79 bits per heavy atom. The molecule has 1 heterocycles. The molecule has 0 radical (unpaired) electrons. The Balaban J connectivity index is 1.85. The summed E-state index contributed by atoms with van der Waals surface area (Å²) >= 11 is 0. The molecule has 1 aromatic rings. The molecule has 0 amide bonds. The van der Waals surface area contributed by atoms with Crippen LogP contribution in [0.25, 0.3) is 0 Å². The Morgan fingerprint density at radius 3 is 2.32 bits per heavy atom. The van der Waals surface area contributed by atoms with Crippen molar-refractivity contribution in [3.05, 3.63) is 29.8 Å². The molecule has 1 aliphatic rings. The van der Waals surface area contributed by atoms with Crippen LogP contribution in [-0.4, -0.2) is 55.4 Å². The van der Waals surface area contributed by atoms with Gasteiger partial charge in [0.05, 0.1) is 6.10 Å². The van der Waals surface area contributed by atoms with Crippen LogP contribution < -0.4 is 10.6 Å². The van der Waals surface area contributed by atoms with E-state index in [2.05, 4.69) is 41.0 Å². The Bertz CT molecular complexity index is 371. The van der Waals surface area contributed by atoms with Crippen LogP contribution in [0.4, 0.5) is 5.69 Å². The maximum atomic E-state index is 9.57. The molecule has 0 aliphatic carbocycles. The molecular formula is C15H25N3O. The van der Waals surface area contributed by atoms with Crippen LogP contribution in [0.1, 0.15) is 12.5 Å². The van der Waals surface area contributed by atoms with E-state index >= 15 is 0 Å². The highest BCUT2D eigenvalue weighted by atomic mass is 16.3. The molecule has 1 aromatic carbocycles. The van der Waals surface area contributed by atoms with E-state index in [0.29, 0.717) is 13.1 Å². The van der Waals surface area contributed by atoms with Gasteiger partial charge in [-0.05, 0) is 24.1 Å². The van der Waals surface area contributed by atoms with Gasteiger partial charge in [0, 0.05) is 45.0 Å². The van der Waals surface area contributed by atoms with Crippen molar-refractivity contribution in [2.45, 2.75) is 19.4 Å². The first-order valence-electron chi connectivity index (χ1n) is 7.17. The smallest absolute Gasteiger partial charge is 0.0789 e. The Labute approximate surface area is 115 Å². The summed E-state index contributed by atoms with van der Waals surface area (Å²) in [6.45, 7) is 7.24. The molecule has 19 heavy (non-hydrogen) atoms. The molecule has 1 fully saturated rings. The number of aryl methyl sites for hydroxylation is 1. The third-order valence-electron chi connectivity index (χ3n) is 3.82. The number of hydrogen-bond donors (Lipinski definition) is 2. The van der Waals surface area contributed by atoms with Gasteiger partial charge in [0.15, 0.2) is 0 Å². The number of rotatable bonds is 5. The number of nitrogens with two attached hydrogens (primary N) is 1. The van der Waals surface area contributed by atoms with Crippen LogP contribution in [0.3, 0.4) is 0 Å². The van der Waals surface area contributed by atoms with Gasteiger partial charge in [-0.15, -0.1) is 0 Å². The Hall–Kier alpha value is -1.10. The quantitative estimate of drug-likeness (QED) is 0.821. The highest BCUT2D eigenvalue weighted by molar-refractivity contribution is 5.48. The van der Waals surface area contributed by atoms with Crippen LogP contribution >= 0.6 is 0 Å². The molecule has 4 nitrogen and oxygen atoms in total. The second kappa shape index (κ2) is 6.89. The lowest BCUT2D eigenvalue weighted by atomic mass is 10.1. The summed E-state index contributed by atoms with van der Waals surface area (Å²) in [4.78, 5) is 4.69. The van der Waals surface area contributed by atoms with Crippen molar-refractivity contribution in [3.8, 4) is 0 Å². The number of hydrogen-bond acceptors (Lipinski definition) is 4. The molecule has 3 N–H and O–H groups in total. The molecular weight excluding hydrogens is 238 g/mol. The first-order chi connectivity index (χ1) is 9.22. The third-order valence-corrected chi connectivity index (χ3v) is 3.82. The zero-order chi connectivity index (χ0) is 13.7. The topological polar surface area (TPSA) is 52.7 Å². The van der Waals surface area contributed by atoms with Gasteiger partial charge < -0.3 is 15.7 Å². The third kappa shape index (κ3) is 3.93. The van der Waals surface area contributed by atoms with Gasteiger partial charge in [0.25, 0.3) is 0 Å². The Morgan fingerprint density at radius 1 is 1.16 bits per heavy atom. The van der Waals surface area contributed by atoms with Crippen molar-refractivity contribution in [1.82, 2.24) is 4.90 Å². The summed E-state index contributed by atoms with van der Waals surface area (Å²) < 4.78 is 0. The lowest BCUT2D eigenvalue weighted by Gasteiger charge is -2.36. The number of anilines is 1. The maximum absolute atomic E-state index is 9.57. The van der Waals surface area contributed by atoms with Crippen LogP contribution in [0.2, 0.25) is 0 Å². The van der Waals surface area contributed by atoms with Gasteiger partial charge >= 0.3 is 0 Å². The van der Waals surface area contributed by atoms with Crippen molar-refractivity contribution >= 4 is 5.69 Å². The van der Waals surface area contributed by atoms with E-state index in [-0.39, 0.29) is 0 Å². The van der Waals surface area contributed by atoms with E-state index in [1.165, 1.54) is 11.3 Å². The van der Waals surface area contributed by atoms with Crippen molar-refractivity contribution in [3.63, 3.8) is 0 Å². The number of benzene rings is 1. The number of nitrogens with zero attached hydrogens (tertiary/aromatic N) is 2. The summed E-state index contributed by atoms with van der Waals surface area (Å²) in [7, 11) is 0. The number of aliphatic hydroxyl groups is 1. The Kier molecular flexibility index (Phi) is 5.19. The first kappa shape index (κ1) is 14.3. The van der Waals surface area contributed by atoms with Gasteiger partial charge in [0.1, 0.15) is 0 Å². The predicted molar refractivity (Wildman–Crippen MR) is 79.5 cm³/mol. The average molecular weight is 263 g/mol. The van der Waals surface area contributed by atoms with E-state index in [9.17, 15) is 5.11 Å². The van der Waals surface area contributed by atoms with Crippen LogP contribution in [0.5, 0.6) is 0 Å².